The van der Waals surface area contributed by atoms with Gasteiger partial charge < -0.3 is 25.0 Å². The van der Waals surface area contributed by atoms with E-state index in [0.717, 1.165) is 43.5 Å². The Morgan fingerprint density at radius 1 is 1.15 bits per heavy atom. The molecule has 0 bridgehead atoms. The van der Waals surface area contributed by atoms with Gasteiger partial charge in [-0.1, -0.05) is 12.1 Å². The summed E-state index contributed by atoms with van der Waals surface area (Å²) in [6.45, 7) is 6.33. The molecule has 0 atom stereocenters. The van der Waals surface area contributed by atoms with E-state index in [1.807, 2.05) is 6.07 Å². The highest BCUT2D eigenvalue weighted by atomic mass is 16.5. The van der Waals surface area contributed by atoms with Crippen molar-refractivity contribution in [2.24, 2.45) is 4.99 Å². The van der Waals surface area contributed by atoms with Gasteiger partial charge in [0.15, 0.2) is 5.96 Å². The highest BCUT2D eigenvalue weighted by Gasteiger charge is 2.20. The Morgan fingerprint density at radius 3 is 2.59 bits per heavy atom. The van der Waals surface area contributed by atoms with Gasteiger partial charge in [-0.15, -0.1) is 0 Å². The molecule has 0 spiro atoms. The number of phenolic OH excluding ortho intramolecular Hbond substituents is 1. The standard InChI is InChI=1S/C21H28N4O2/c1-16-5-4-6-18(13-16)24-9-11-25(12-10-24)21(22-2)23-15-17-14-19(27-3)7-8-20(17)26/h4-8,13-14,26H,9-12,15H2,1-3H3,(H,22,23). The monoisotopic (exact) mass is 368 g/mol. The van der Waals surface area contributed by atoms with Crippen LogP contribution in [0.4, 0.5) is 5.69 Å². The number of nitrogens with zero attached hydrogens (tertiary/aromatic N) is 3. The third-order valence-corrected chi connectivity index (χ3v) is 4.88. The first-order chi connectivity index (χ1) is 13.1. The van der Waals surface area contributed by atoms with Crippen LogP contribution < -0.4 is 15.0 Å². The Kier molecular flexibility index (Phi) is 6.06. The van der Waals surface area contributed by atoms with Gasteiger partial charge in [-0.3, -0.25) is 4.99 Å². The number of piperazine rings is 1. The van der Waals surface area contributed by atoms with E-state index in [-0.39, 0.29) is 5.75 Å². The number of hydrogen-bond donors (Lipinski definition) is 2. The quantitative estimate of drug-likeness (QED) is 0.642. The number of aromatic hydroxyl groups is 1. The molecule has 6 heteroatoms. The van der Waals surface area contributed by atoms with E-state index in [1.54, 1.807) is 26.3 Å². The van der Waals surface area contributed by atoms with Crippen LogP contribution in [0.2, 0.25) is 0 Å². The molecule has 2 aromatic carbocycles. The predicted octanol–water partition coefficient (Wildman–Crippen LogP) is 2.61. The molecule has 1 aliphatic rings. The number of rotatable bonds is 4. The van der Waals surface area contributed by atoms with Crippen molar-refractivity contribution in [3.8, 4) is 11.5 Å². The molecule has 1 fully saturated rings. The molecular weight excluding hydrogens is 340 g/mol. The molecule has 1 heterocycles. The summed E-state index contributed by atoms with van der Waals surface area (Å²) in [7, 11) is 3.41. The number of nitrogens with one attached hydrogen (secondary N) is 1. The van der Waals surface area contributed by atoms with Crippen molar-refractivity contribution in [3.05, 3.63) is 53.6 Å². The Morgan fingerprint density at radius 2 is 1.93 bits per heavy atom. The van der Waals surface area contributed by atoms with E-state index in [9.17, 15) is 5.11 Å². The number of guanidine groups is 1. The van der Waals surface area contributed by atoms with Gasteiger partial charge in [-0.2, -0.15) is 0 Å². The van der Waals surface area contributed by atoms with Crippen LogP contribution in [0.25, 0.3) is 0 Å². The van der Waals surface area contributed by atoms with Crippen LogP contribution in [0, 0.1) is 6.92 Å². The van der Waals surface area contributed by atoms with Crippen LogP contribution in [0.5, 0.6) is 11.5 Å². The molecule has 0 amide bonds. The molecule has 27 heavy (non-hydrogen) atoms. The fourth-order valence-electron chi connectivity index (χ4n) is 3.34. The maximum Gasteiger partial charge on any atom is 0.194 e. The third-order valence-electron chi connectivity index (χ3n) is 4.88. The molecule has 0 aromatic heterocycles. The summed E-state index contributed by atoms with van der Waals surface area (Å²) >= 11 is 0. The maximum absolute atomic E-state index is 10.1. The van der Waals surface area contributed by atoms with Crippen LogP contribution >= 0.6 is 0 Å². The summed E-state index contributed by atoms with van der Waals surface area (Å²) in [6, 6.07) is 13.9. The molecule has 2 aromatic rings. The van der Waals surface area contributed by atoms with Gasteiger partial charge in [0, 0.05) is 51.0 Å². The van der Waals surface area contributed by atoms with Gasteiger partial charge in [0.1, 0.15) is 11.5 Å². The average Bonchev–Trinajstić information content (AvgIpc) is 2.70. The zero-order valence-corrected chi connectivity index (χ0v) is 16.3. The molecule has 2 N–H and O–H groups in total. The van der Waals surface area contributed by atoms with Gasteiger partial charge in [-0.25, -0.2) is 0 Å². The summed E-state index contributed by atoms with van der Waals surface area (Å²) in [6.07, 6.45) is 0. The Labute approximate surface area is 161 Å². The van der Waals surface area contributed by atoms with Crippen molar-refractivity contribution in [1.82, 2.24) is 10.2 Å². The number of ether oxygens (including phenoxy) is 1. The highest BCUT2D eigenvalue weighted by Crippen LogP contribution is 2.23. The largest absolute Gasteiger partial charge is 0.508 e. The normalized spacial score (nSPS) is 15.0. The van der Waals surface area contributed by atoms with Gasteiger partial charge in [0.25, 0.3) is 0 Å². The lowest BCUT2D eigenvalue weighted by molar-refractivity contribution is 0.371. The molecule has 144 valence electrons. The van der Waals surface area contributed by atoms with Crippen LogP contribution in [0.3, 0.4) is 0 Å². The summed E-state index contributed by atoms with van der Waals surface area (Å²) in [5.74, 6) is 1.83. The number of aliphatic imine (C=N–C) groups is 1. The molecule has 1 saturated heterocycles. The number of benzene rings is 2. The first-order valence-corrected chi connectivity index (χ1v) is 9.24. The third kappa shape index (κ3) is 4.64. The smallest absolute Gasteiger partial charge is 0.194 e. The van der Waals surface area contributed by atoms with Crippen LogP contribution in [-0.4, -0.2) is 56.3 Å². The topological polar surface area (TPSA) is 60.3 Å². The summed E-state index contributed by atoms with van der Waals surface area (Å²) in [5.41, 5.74) is 3.35. The summed E-state index contributed by atoms with van der Waals surface area (Å²) < 4.78 is 5.24. The second-order valence-electron chi connectivity index (χ2n) is 6.71. The van der Waals surface area contributed by atoms with E-state index < -0.39 is 0 Å². The zero-order chi connectivity index (χ0) is 19.2. The fraction of sp³-hybridized carbons (Fsp3) is 0.381. The molecular formula is C21H28N4O2. The average molecular weight is 368 g/mol. The molecule has 0 saturated carbocycles. The van der Waals surface area contributed by atoms with E-state index in [2.05, 4.69) is 51.3 Å². The summed E-state index contributed by atoms with van der Waals surface area (Å²) in [5, 5.41) is 13.4. The van der Waals surface area contributed by atoms with E-state index in [1.165, 1.54) is 11.3 Å². The first-order valence-electron chi connectivity index (χ1n) is 9.24. The highest BCUT2D eigenvalue weighted by molar-refractivity contribution is 5.80. The minimum atomic E-state index is 0.253. The lowest BCUT2D eigenvalue weighted by Gasteiger charge is -2.37. The Bertz CT molecular complexity index is 799. The van der Waals surface area contributed by atoms with E-state index in [0.29, 0.717) is 6.54 Å². The molecule has 0 aliphatic carbocycles. The van der Waals surface area contributed by atoms with Crippen molar-refractivity contribution in [3.63, 3.8) is 0 Å². The van der Waals surface area contributed by atoms with Gasteiger partial charge >= 0.3 is 0 Å². The number of hydrogen-bond acceptors (Lipinski definition) is 4. The Hall–Kier alpha value is -2.89. The molecule has 6 nitrogen and oxygen atoms in total. The number of methoxy groups -OCH3 is 1. The van der Waals surface area contributed by atoms with Crippen molar-refractivity contribution in [2.45, 2.75) is 13.5 Å². The lowest BCUT2D eigenvalue weighted by atomic mass is 10.2. The van der Waals surface area contributed by atoms with Crippen LogP contribution in [0.1, 0.15) is 11.1 Å². The van der Waals surface area contributed by atoms with Crippen LogP contribution in [0.15, 0.2) is 47.5 Å². The SMILES string of the molecule is CN=C(NCc1cc(OC)ccc1O)N1CCN(c2cccc(C)c2)CC1. The number of phenols is 1. The predicted molar refractivity (Wildman–Crippen MR) is 110 cm³/mol. The van der Waals surface area contributed by atoms with Crippen LogP contribution in [-0.2, 0) is 6.54 Å². The minimum Gasteiger partial charge on any atom is -0.508 e. The summed E-state index contributed by atoms with van der Waals surface area (Å²) in [4.78, 5) is 9.07. The first kappa shape index (κ1) is 18.9. The van der Waals surface area contributed by atoms with Gasteiger partial charge in [0.05, 0.1) is 7.11 Å². The Balaban J connectivity index is 1.58. The number of anilines is 1. The van der Waals surface area contributed by atoms with Crippen molar-refractivity contribution < 1.29 is 9.84 Å². The van der Waals surface area contributed by atoms with Gasteiger partial charge in [0.2, 0.25) is 0 Å². The van der Waals surface area contributed by atoms with E-state index in [4.69, 9.17) is 4.74 Å². The fourth-order valence-corrected chi connectivity index (χ4v) is 3.34. The maximum atomic E-state index is 10.1. The molecule has 1 aliphatic heterocycles. The van der Waals surface area contributed by atoms with Gasteiger partial charge in [-0.05, 0) is 42.8 Å². The van der Waals surface area contributed by atoms with Crippen molar-refractivity contribution >= 4 is 11.6 Å². The molecule has 0 radical (unpaired) electrons. The molecule has 3 rings (SSSR count). The zero-order valence-electron chi connectivity index (χ0n) is 16.3. The second-order valence-corrected chi connectivity index (χ2v) is 6.71. The minimum absolute atomic E-state index is 0.253. The van der Waals surface area contributed by atoms with Crippen molar-refractivity contribution in [1.29, 1.82) is 0 Å². The molecule has 0 unspecified atom stereocenters. The second kappa shape index (κ2) is 8.66. The van der Waals surface area contributed by atoms with Crippen molar-refractivity contribution in [2.75, 3.05) is 45.2 Å². The number of aryl methyl sites for hydroxylation is 1. The van der Waals surface area contributed by atoms with E-state index >= 15 is 0 Å². The lowest BCUT2D eigenvalue weighted by Crippen LogP contribution is -2.52.